The van der Waals surface area contributed by atoms with E-state index in [0.29, 0.717) is 6.42 Å². The molecule has 0 spiro atoms. The van der Waals surface area contributed by atoms with Crippen molar-refractivity contribution in [1.29, 1.82) is 0 Å². The van der Waals surface area contributed by atoms with E-state index in [9.17, 15) is 9.59 Å². The smallest absolute Gasteiger partial charge is 0.305 e. The molecule has 0 saturated carbocycles. The van der Waals surface area contributed by atoms with E-state index in [1.807, 2.05) is 6.26 Å². The molecule has 0 aliphatic carbocycles. The Morgan fingerprint density at radius 1 is 1.47 bits per heavy atom. The summed E-state index contributed by atoms with van der Waals surface area (Å²) >= 11 is 1.57. The van der Waals surface area contributed by atoms with Gasteiger partial charge in [0.1, 0.15) is 0 Å². The van der Waals surface area contributed by atoms with Crippen LogP contribution in [0, 0.1) is 0 Å². The Hall–Kier alpha value is -1.43. The summed E-state index contributed by atoms with van der Waals surface area (Å²) in [6.45, 7) is 0. The topological polar surface area (TPSA) is 71.3 Å². The van der Waals surface area contributed by atoms with E-state index in [4.69, 9.17) is 4.42 Å². The van der Waals surface area contributed by atoms with Gasteiger partial charge in [0.2, 0.25) is 5.91 Å². The molecule has 0 aliphatic heterocycles. The van der Waals surface area contributed by atoms with E-state index < -0.39 is 5.91 Å². The summed E-state index contributed by atoms with van der Waals surface area (Å²) in [5, 5.41) is 0. The third-order valence-corrected chi connectivity index (χ3v) is 2.21. The molecule has 2 amide bonds. The van der Waals surface area contributed by atoms with Crippen molar-refractivity contribution in [3.8, 4) is 0 Å². The normalized spacial score (nSPS) is 9.67. The maximum atomic E-state index is 11.3. The zero-order valence-corrected chi connectivity index (χ0v) is 9.10. The summed E-state index contributed by atoms with van der Waals surface area (Å²) in [7, 11) is 0. The first kappa shape index (κ1) is 11.6. The van der Waals surface area contributed by atoms with Crippen molar-refractivity contribution in [3.05, 3.63) is 24.2 Å². The Balaban J connectivity index is 2.25. The zero-order chi connectivity index (χ0) is 11.1. The van der Waals surface area contributed by atoms with Crippen LogP contribution >= 0.6 is 11.8 Å². The summed E-state index contributed by atoms with van der Waals surface area (Å²) in [6.07, 6.45) is 3.68. The summed E-state index contributed by atoms with van der Waals surface area (Å²) in [4.78, 5) is 22.4. The first-order valence-electron chi connectivity index (χ1n) is 4.35. The highest BCUT2D eigenvalue weighted by atomic mass is 32.2. The maximum absolute atomic E-state index is 11.3. The van der Waals surface area contributed by atoms with Crippen LogP contribution in [-0.4, -0.2) is 23.8 Å². The Kier molecular flexibility index (Phi) is 4.76. The molecule has 1 aromatic rings. The lowest BCUT2D eigenvalue weighted by Crippen LogP contribution is -2.41. The number of rotatable bonds is 4. The lowest BCUT2D eigenvalue weighted by atomic mass is 10.4. The largest absolute Gasteiger partial charge is 0.459 e. The molecule has 0 atom stereocenters. The summed E-state index contributed by atoms with van der Waals surface area (Å²) < 4.78 is 4.84. The first-order chi connectivity index (χ1) is 7.24. The van der Waals surface area contributed by atoms with Crippen LogP contribution in [-0.2, 0) is 4.79 Å². The van der Waals surface area contributed by atoms with Gasteiger partial charge in [0.05, 0.1) is 6.26 Å². The molecule has 2 N–H and O–H groups in total. The number of amides is 2. The van der Waals surface area contributed by atoms with Gasteiger partial charge in [-0.1, -0.05) is 0 Å². The van der Waals surface area contributed by atoms with Gasteiger partial charge in [0, 0.05) is 12.2 Å². The number of nitrogens with one attached hydrogen (secondary N) is 2. The van der Waals surface area contributed by atoms with Gasteiger partial charge >= 0.3 is 5.91 Å². The lowest BCUT2D eigenvalue weighted by Gasteiger charge is -2.04. The molecule has 1 heterocycles. The van der Waals surface area contributed by atoms with Crippen molar-refractivity contribution >= 4 is 23.6 Å². The van der Waals surface area contributed by atoms with Gasteiger partial charge in [-0.25, -0.2) is 0 Å². The average Bonchev–Trinajstić information content (AvgIpc) is 2.76. The molecular weight excluding hydrogens is 216 g/mol. The van der Waals surface area contributed by atoms with Crippen molar-refractivity contribution in [3.63, 3.8) is 0 Å². The average molecular weight is 228 g/mol. The molecule has 0 unspecified atom stereocenters. The molecular formula is C9H12N2O3S. The quantitative estimate of drug-likeness (QED) is 0.747. The third-order valence-electron chi connectivity index (χ3n) is 1.59. The molecule has 0 bridgehead atoms. The van der Waals surface area contributed by atoms with Crippen LogP contribution in [0.25, 0.3) is 0 Å². The molecule has 0 aliphatic rings. The van der Waals surface area contributed by atoms with Gasteiger partial charge in [-0.15, -0.1) is 0 Å². The molecule has 15 heavy (non-hydrogen) atoms. The summed E-state index contributed by atoms with van der Waals surface area (Å²) in [5.74, 6) is 0.213. The second-order valence-corrected chi connectivity index (χ2v) is 3.71. The predicted octanol–water partition coefficient (Wildman–Crippen LogP) is 0.794. The van der Waals surface area contributed by atoms with Crippen molar-refractivity contribution in [2.75, 3.05) is 12.0 Å². The Morgan fingerprint density at radius 3 is 2.87 bits per heavy atom. The minimum absolute atomic E-state index is 0.167. The monoisotopic (exact) mass is 228 g/mol. The molecule has 5 nitrogen and oxygen atoms in total. The Bertz CT molecular complexity index is 324. The molecule has 0 saturated heterocycles. The van der Waals surface area contributed by atoms with Gasteiger partial charge in [-0.2, -0.15) is 11.8 Å². The van der Waals surface area contributed by atoms with Gasteiger partial charge < -0.3 is 4.42 Å². The number of carbonyl (C=O) groups is 2. The number of carbonyl (C=O) groups excluding carboxylic acids is 2. The van der Waals surface area contributed by atoms with Crippen LogP contribution in [0.3, 0.4) is 0 Å². The predicted molar refractivity (Wildman–Crippen MR) is 57.3 cm³/mol. The molecule has 0 fully saturated rings. The highest BCUT2D eigenvalue weighted by molar-refractivity contribution is 7.98. The van der Waals surface area contributed by atoms with Gasteiger partial charge in [0.15, 0.2) is 5.76 Å². The van der Waals surface area contributed by atoms with Crippen LogP contribution in [0.5, 0.6) is 0 Å². The first-order valence-corrected chi connectivity index (χ1v) is 5.75. The molecule has 0 aromatic carbocycles. The number of thioether (sulfide) groups is 1. The molecule has 1 rings (SSSR count). The molecule has 6 heteroatoms. The maximum Gasteiger partial charge on any atom is 0.305 e. The van der Waals surface area contributed by atoms with Crippen LogP contribution in [0.2, 0.25) is 0 Å². The van der Waals surface area contributed by atoms with Crippen molar-refractivity contribution in [1.82, 2.24) is 10.9 Å². The Morgan fingerprint density at radius 2 is 2.27 bits per heavy atom. The van der Waals surface area contributed by atoms with Crippen molar-refractivity contribution in [2.24, 2.45) is 0 Å². The van der Waals surface area contributed by atoms with Crippen molar-refractivity contribution in [2.45, 2.75) is 6.42 Å². The SMILES string of the molecule is CSCCC(=O)NNC(=O)c1ccco1. The van der Waals surface area contributed by atoms with E-state index in [1.165, 1.54) is 12.3 Å². The van der Waals surface area contributed by atoms with Crippen LogP contribution in [0.1, 0.15) is 17.0 Å². The van der Waals surface area contributed by atoms with Crippen LogP contribution in [0.4, 0.5) is 0 Å². The molecule has 0 radical (unpaired) electrons. The van der Waals surface area contributed by atoms with Gasteiger partial charge in [0.25, 0.3) is 0 Å². The zero-order valence-electron chi connectivity index (χ0n) is 8.28. The second kappa shape index (κ2) is 6.13. The van der Waals surface area contributed by atoms with E-state index >= 15 is 0 Å². The fourth-order valence-electron chi connectivity index (χ4n) is 0.853. The highest BCUT2D eigenvalue weighted by Crippen LogP contribution is 1.98. The fraction of sp³-hybridized carbons (Fsp3) is 0.333. The number of furan rings is 1. The van der Waals surface area contributed by atoms with E-state index in [-0.39, 0.29) is 11.7 Å². The van der Waals surface area contributed by atoms with E-state index in [0.717, 1.165) is 5.75 Å². The van der Waals surface area contributed by atoms with Gasteiger partial charge in [-0.05, 0) is 18.4 Å². The van der Waals surface area contributed by atoms with Crippen LogP contribution < -0.4 is 10.9 Å². The molecule has 82 valence electrons. The number of hydrogen-bond acceptors (Lipinski definition) is 4. The van der Waals surface area contributed by atoms with E-state index in [2.05, 4.69) is 10.9 Å². The second-order valence-electron chi connectivity index (χ2n) is 2.72. The standard InChI is InChI=1S/C9H12N2O3S/c1-15-6-4-8(12)10-11-9(13)7-3-2-5-14-7/h2-3,5H,4,6H2,1H3,(H,10,12)(H,11,13). The number of hydrazine groups is 1. The number of hydrogen-bond donors (Lipinski definition) is 2. The minimum Gasteiger partial charge on any atom is -0.459 e. The van der Waals surface area contributed by atoms with Gasteiger partial charge in [-0.3, -0.25) is 20.4 Å². The lowest BCUT2D eigenvalue weighted by molar-refractivity contribution is -0.121. The molecule has 1 aromatic heterocycles. The summed E-state index contributed by atoms with van der Waals surface area (Å²) in [5.41, 5.74) is 4.55. The third kappa shape index (κ3) is 4.07. The van der Waals surface area contributed by atoms with E-state index in [1.54, 1.807) is 17.8 Å². The highest BCUT2D eigenvalue weighted by Gasteiger charge is 2.08. The summed E-state index contributed by atoms with van der Waals surface area (Å²) in [6, 6.07) is 3.12. The Labute approximate surface area is 91.6 Å². The van der Waals surface area contributed by atoms with Crippen molar-refractivity contribution < 1.29 is 14.0 Å². The minimum atomic E-state index is -0.461. The van der Waals surface area contributed by atoms with Crippen LogP contribution in [0.15, 0.2) is 22.8 Å². The fourth-order valence-corrected chi connectivity index (χ4v) is 1.24.